The maximum atomic E-state index is 11.6. The van der Waals surface area contributed by atoms with Gasteiger partial charge in [-0.15, -0.1) is 0 Å². The van der Waals surface area contributed by atoms with Crippen LogP contribution in [0.1, 0.15) is 0 Å². The van der Waals surface area contributed by atoms with E-state index in [0.29, 0.717) is 11.1 Å². The number of nitrogen functional groups attached to an aromatic ring is 1. The second kappa shape index (κ2) is 5.02. The summed E-state index contributed by atoms with van der Waals surface area (Å²) in [7, 11) is 1.72. The molecule has 0 bridgehead atoms. The number of hydrogen-bond acceptors (Lipinski definition) is 3. The minimum atomic E-state index is -1.33. The number of pyridine rings is 1. The molecule has 1 amide bonds. The van der Waals surface area contributed by atoms with Gasteiger partial charge in [0.15, 0.2) is 0 Å². The van der Waals surface area contributed by atoms with Crippen LogP contribution in [0.4, 0.5) is 10.5 Å². The van der Waals surface area contributed by atoms with Gasteiger partial charge in [-0.2, -0.15) is 0 Å². The summed E-state index contributed by atoms with van der Waals surface area (Å²) in [6.07, 6.45) is 0.407. The van der Waals surface area contributed by atoms with E-state index in [1.54, 1.807) is 19.3 Å². The summed E-state index contributed by atoms with van der Waals surface area (Å²) in [5.74, 6) is 0. The topological polar surface area (TPSA) is 111 Å². The number of primary amides is 1. The van der Waals surface area contributed by atoms with Crippen LogP contribution >= 0.6 is 0 Å². The maximum absolute atomic E-state index is 11.6. The number of hydrogen-bond donors (Lipinski definition) is 3. The Hall–Kier alpha value is -2.50. The van der Waals surface area contributed by atoms with Crippen molar-refractivity contribution in [1.82, 2.24) is 4.57 Å². The molecule has 0 atom stereocenters. The summed E-state index contributed by atoms with van der Waals surface area (Å²) in [5.41, 5.74) is 10.2. The van der Waals surface area contributed by atoms with Gasteiger partial charge in [0.2, 0.25) is 0 Å². The lowest BCUT2D eigenvalue weighted by molar-refractivity contribution is 0.205. The number of rotatable bonds is 0. The van der Waals surface area contributed by atoms with Gasteiger partial charge in [0.05, 0.1) is 5.39 Å². The lowest BCUT2D eigenvalue weighted by Crippen LogP contribution is -2.16. The lowest BCUT2D eigenvalue weighted by atomic mass is 10.1. The SMILES string of the molecule is Cn1ccc2cccc(N)c2c1=O.NC(=O)O. The molecule has 17 heavy (non-hydrogen) atoms. The van der Waals surface area contributed by atoms with Crippen molar-refractivity contribution in [2.75, 3.05) is 5.73 Å². The fourth-order valence-electron chi connectivity index (χ4n) is 1.41. The highest BCUT2D eigenvalue weighted by Gasteiger charge is 2.02. The summed E-state index contributed by atoms with van der Waals surface area (Å²) < 4.78 is 1.53. The van der Waals surface area contributed by atoms with Crippen LogP contribution in [-0.4, -0.2) is 15.8 Å². The molecule has 0 aliphatic carbocycles. The monoisotopic (exact) mass is 235 g/mol. The third kappa shape index (κ3) is 2.97. The van der Waals surface area contributed by atoms with E-state index in [2.05, 4.69) is 5.73 Å². The fourth-order valence-corrected chi connectivity index (χ4v) is 1.41. The van der Waals surface area contributed by atoms with Gasteiger partial charge in [-0.05, 0) is 17.5 Å². The molecular weight excluding hydrogens is 222 g/mol. The second-order valence-corrected chi connectivity index (χ2v) is 3.38. The first kappa shape index (κ1) is 12.6. The van der Waals surface area contributed by atoms with Crippen LogP contribution in [0.5, 0.6) is 0 Å². The number of benzene rings is 1. The molecule has 0 radical (unpaired) electrons. The number of nitrogens with two attached hydrogens (primary N) is 2. The Balaban J connectivity index is 0.000000317. The van der Waals surface area contributed by atoms with Crippen molar-refractivity contribution in [2.24, 2.45) is 12.8 Å². The Bertz CT molecular complexity index is 600. The smallest absolute Gasteiger partial charge is 0.402 e. The molecule has 0 fully saturated rings. The largest absolute Gasteiger partial charge is 0.465 e. The summed E-state index contributed by atoms with van der Waals surface area (Å²) in [6, 6.07) is 7.35. The van der Waals surface area contributed by atoms with E-state index in [1.165, 1.54) is 4.57 Å². The van der Waals surface area contributed by atoms with Crippen LogP contribution in [0.2, 0.25) is 0 Å². The molecule has 0 unspecified atom stereocenters. The average molecular weight is 235 g/mol. The van der Waals surface area contributed by atoms with Crippen LogP contribution in [0.3, 0.4) is 0 Å². The van der Waals surface area contributed by atoms with Crippen molar-refractivity contribution in [3.8, 4) is 0 Å². The van der Waals surface area contributed by atoms with E-state index in [1.807, 2.05) is 18.2 Å². The van der Waals surface area contributed by atoms with Crippen molar-refractivity contribution >= 4 is 22.6 Å². The predicted octanol–water partition coefficient (Wildman–Crippen LogP) is 0.744. The quantitative estimate of drug-likeness (QED) is 0.585. The number of nitrogens with zero attached hydrogens (tertiary/aromatic N) is 1. The van der Waals surface area contributed by atoms with Crippen LogP contribution in [-0.2, 0) is 7.05 Å². The lowest BCUT2D eigenvalue weighted by Gasteiger charge is -2.02. The van der Waals surface area contributed by atoms with Crippen molar-refractivity contribution < 1.29 is 9.90 Å². The van der Waals surface area contributed by atoms with E-state index >= 15 is 0 Å². The van der Waals surface area contributed by atoms with Crippen molar-refractivity contribution in [2.45, 2.75) is 0 Å². The number of aromatic nitrogens is 1. The molecule has 0 saturated heterocycles. The number of amides is 1. The molecule has 2 aromatic rings. The zero-order chi connectivity index (χ0) is 13.0. The standard InChI is InChI=1S/C10H10N2O.CH3NO2/c1-12-6-5-7-3-2-4-8(11)9(7)10(12)13;2-1(3)4/h2-6H,11H2,1H3;2H2,(H,3,4). The third-order valence-corrected chi connectivity index (χ3v) is 2.14. The van der Waals surface area contributed by atoms with Gasteiger partial charge in [0.25, 0.3) is 5.56 Å². The molecule has 90 valence electrons. The van der Waals surface area contributed by atoms with Crippen LogP contribution in [0, 0.1) is 0 Å². The highest BCUT2D eigenvalue weighted by Crippen LogP contribution is 2.15. The minimum absolute atomic E-state index is 0.0457. The Labute approximate surface area is 97.1 Å². The Morgan fingerprint density at radius 2 is 1.94 bits per heavy atom. The number of aryl methyl sites for hydroxylation is 1. The molecular formula is C11H13N3O3. The van der Waals surface area contributed by atoms with E-state index in [-0.39, 0.29) is 5.56 Å². The first-order valence-electron chi connectivity index (χ1n) is 4.75. The molecule has 6 nitrogen and oxygen atoms in total. The predicted molar refractivity (Wildman–Crippen MR) is 65.8 cm³/mol. The van der Waals surface area contributed by atoms with Gasteiger partial charge < -0.3 is 21.1 Å². The normalized spacial score (nSPS) is 9.47. The summed E-state index contributed by atoms with van der Waals surface area (Å²) >= 11 is 0. The van der Waals surface area contributed by atoms with Crippen LogP contribution < -0.4 is 17.0 Å². The highest BCUT2D eigenvalue weighted by atomic mass is 16.4. The molecule has 0 spiro atoms. The molecule has 6 heteroatoms. The fraction of sp³-hybridized carbons (Fsp3) is 0.0909. The first-order chi connectivity index (χ1) is 7.93. The highest BCUT2D eigenvalue weighted by molar-refractivity contribution is 5.91. The number of fused-ring (bicyclic) bond motifs is 1. The second-order valence-electron chi connectivity index (χ2n) is 3.38. The number of anilines is 1. The molecule has 0 aliphatic heterocycles. The van der Waals surface area contributed by atoms with E-state index in [9.17, 15) is 4.79 Å². The molecule has 1 aromatic heterocycles. The van der Waals surface area contributed by atoms with Crippen LogP contribution in [0.25, 0.3) is 10.8 Å². The number of carboxylic acid groups (broad SMARTS) is 1. The van der Waals surface area contributed by atoms with Gasteiger partial charge in [-0.25, -0.2) is 4.79 Å². The zero-order valence-electron chi connectivity index (χ0n) is 9.25. The molecule has 5 N–H and O–H groups in total. The Kier molecular flexibility index (Phi) is 3.71. The molecule has 2 rings (SSSR count). The zero-order valence-corrected chi connectivity index (χ0v) is 9.25. The molecule has 1 heterocycles. The summed E-state index contributed by atoms with van der Waals surface area (Å²) in [5, 5.41) is 8.69. The molecule has 0 saturated carbocycles. The first-order valence-corrected chi connectivity index (χ1v) is 4.75. The van der Waals surface area contributed by atoms with Crippen molar-refractivity contribution in [1.29, 1.82) is 0 Å². The minimum Gasteiger partial charge on any atom is -0.465 e. The van der Waals surface area contributed by atoms with Gasteiger partial charge in [-0.1, -0.05) is 12.1 Å². The summed E-state index contributed by atoms with van der Waals surface area (Å²) in [6.45, 7) is 0. The number of carbonyl (C=O) groups is 1. The van der Waals surface area contributed by atoms with E-state index in [0.717, 1.165) is 5.39 Å². The third-order valence-electron chi connectivity index (χ3n) is 2.14. The average Bonchev–Trinajstić information content (AvgIpc) is 2.23. The maximum Gasteiger partial charge on any atom is 0.402 e. The van der Waals surface area contributed by atoms with Crippen molar-refractivity contribution in [3.05, 3.63) is 40.8 Å². The van der Waals surface area contributed by atoms with Gasteiger partial charge in [0.1, 0.15) is 0 Å². The van der Waals surface area contributed by atoms with Crippen molar-refractivity contribution in [3.63, 3.8) is 0 Å². The molecule has 1 aromatic carbocycles. The van der Waals surface area contributed by atoms with Gasteiger partial charge in [-0.3, -0.25) is 4.79 Å². The summed E-state index contributed by atoms with van der Waals surface area (Å²) in [4.78, 5) is 20.4. The Morgan fingerprint density at radius 1 is 1.35 bits per heavy atom. The van der Waals surface area contributed by atoms with E-state index in [4.69, 9.17) is 15.6 Å². The van der Waals surface area contributed by atoms with Gasteiger partial charge in [0, 0.05) is 18.9 Å². The Morgan fingerprint density at radius 3 is 2.53 bits per heavy atom. The van der Waals surface area contributed by atoms with Gasteiger partial charge >= 0.3 is 6.09 Å². The van der Waals surface area contributed by atoms with Crippen LogP contribution in [0.15, 0.2) is 35.3 Å². The molecule has 0 aliphatic rings. The van der Waals surface area contributed by atoms with E-state index < -0.39 is 6.09 Å².